The molecular formula is C30H25ClN2O. The second-order valence-electron chi connectivity index (χ2n) is 8.12. The number of rotatable bonds is 7. The quantitative estimate of drug-likeness (QED) is 0.246. The van der Waals surface area contributed by atoms with Gasteiger partial charge in [0, 0.05) is 28.3 Å². The number of hydrogen-bond acceptors (Lipinski definition) is 2. The number of ether oxygens (including phenoxy) is 1. The smallest absolute Gasteiger partial charge is 0.141 e. The third kappa shape index (κ3) is 4.61. The average molecular weight is 465 g/mol. The highest BCUT2D eigenvalue weighted by atomic mass is 35.5. The van der Waals surface area contributed by atoms with E-state index in [1.165, 1.54) is 5.56 Å². The van der Waals surface area contributed by atoms with Crippen LogP contribution in [0.2, 0.25) is 5.02 Å². The molecule has 3 nitrogen and oxygen atoms in total. The van der Waals surface area contributed by atoms with Crippen molar-refractivity contribution in [1.29, 1.82) is 0 Å². The summed E-state index contributed by atoms with van der Waals surface area (Å²) in [6, 6.07) is 37.1. The maximum absolute atomic E-state index is 6.20. The fraction of sp³-hybridized carbons (Fsp3) is 0.100. The van der Waals surface area contributed by atoms with Gasteiger partial charge in [0.15, 0.2) is 0 Å². The topological polar surface area (TPSA) is 27.1 Å². The molecule has 1 heterocycles. The van der Waals surface area contributed by atoms with Gasteiger partial charge < -0.3 is 9.30 Å². The van der Waals surface area contributed by atoms with Crippen LogP contribution in [0.5, 0.6) is 5.75 Å². The Bertz CT molecular complexity index is 1360. The molecule has 0 atom stereocenters. The van der Waals surface area contributed by atoms with Crippen molar-refractivity contribution in [3.8, 4) is 39.7 Å². The van der Waals surface area contributed by atoms with Crippen molar-refractivity contribution in [2.45, 2.75) is 13.0 Å². The van der Waals surface area contributed by atoms with Gasteiger partial charge in [-0.3, -0.25) is 0 Å². The Morgan fingerprint density at radius 2 is 1.32 bits per heavy atom. The molecule has 0 aliphatic carbocycles. The summed E-state index contributed by atoms with van der Waals surface area (Å²) in [5, 5.41) is 0.714. The lowest BCUT2D eigenvalue weighted by atomic mass is 10.0. The lowest BCUT2D eigenvalue weighted by molar-refractivity contribution is 0.414. The Balaban J connectivity index is 1.66. The van der Waals surface area contributed by atoms with E-state index in [2.05, 4.69) is 65.2 Å². The van der Waals surface area contributed by atoms with Crippen molar-refractivity contribution in [1.82, 2.24) is 9.55 Å². The molecule has 0 spiro atoms. The lowest BCUT2D eigenvalue weighted by Crippen LogP contribution is -2.06. The van der Waals surface area contributed by atoms with Crippen LogP contribution in [-0.4, -0.2) is 16.7 Å². The summed E-state index contributed by atoms with van der Waals surface area (Å²) < 4.78 is 7.66. The fourth-order valence-electron chi connectivity index (χ4n) is 4.21. The largest absolute Gasteiger partial charge is 0.497 e. The van der Waals surface area contributed by atoms with Gasteiger partial charge >= 0.3 is 0 Å². The molecule has 0 aliphatic rings. The molecule has 0 saturated carbocycles. The summed E-state index contributed by atoms with van der Waals surface area (Å²) in [5.74, 6) is 1.80. The van der Waals surface area contributed by atoms with Gasteiger partial charge in [-0.2, -0.15) is 0 Å². The summed E-state index contributed by atoms with van der Waals surface area (Å²) in [5.41, 5.74) is 6.62. The molecule has 0 fully saturated rings. The molecule has 0 aliphatic heterocycles. The van der Waals surface area contributed by atoms with Gasteiger partial charge in [-0.15, -0.1) is 0 Å². The van der Waals surface area contributed by atoms with E-state index in [1.807, 2.05) is 48.5 Å². The summed E-state index contributed by atoms with van der Waals surface area (Å²) in [4.78, 5) is 5.20. The summed E-state index contributed by atoms with van der Waals surface area (Å²) in [6.45, 7) is 0.786. The Morgan fingerprint density at radius 3 is 1.94 bits per heavy atom. The Kier molecular flexibility index (Phi) is 6.46. The molecule has 5 aromatic rings. The highest BCUT2D eigenvalue weighted by Gasteiger charge is 2.21. The van der Waals surface area contributed by atoms with E-state index < -0.39 is 0 Å². The highest BCUT2D eigenvalue weighted by molar-refractivity contribution is 6.30. The standard InChI is InChI=1S/C30H25ClN2O/c1-34-27-18-12-22(13-19-27)20-21-33-29(24-10-6-3-7-11-24)28(23-8-4-2-5-9-23)32-30(33)25-14-16-26(31)17-15-25/h2-19H,20-21H2,1H3. The zero-order valence-electron chi connectivity index (χ0n) is 19.0. The van der Waals surface area contributed by atoms with Crippen LogP contribution < -0.4 is 4.74 Å². The van der Waals surface area contributed by atoms with E-state index in [0.717, 1.165) is 52.6 Å². The predicted molar refractivity (Wildman–Crippen MR) is 140 cm³/mol. The zero-order valence-corrected chi connectivity index (χ0v) is 19.7. The molecule has 0 amide bonds. The maximum atomic E-state index is 6.20. The number of halogens is 1. The Morgan fingerprint density at radius 1 is 0.706 bits per heavy atom. The SMILES string of the molecule is COc1ccc(CCn2c(-c3ccc(Cl)cc3)nc(-c3ccccc3)c2-c2ccccc2)cc1. The third-order valence-electron chi connectivity index (χ3n) is 5.95. The molecule has 4 heteroatoms. The summed E-state index contributed by atoms with van der Waals surface area (Å²) >= 11 is 6.20. The van der Waals surface area contributed by atoms with Crippen molar-refractivity contribution in [3.05, 3.63) is 120 Å². The van der Waals surface area contributed by atoms with Crippen LogP contribution in [0, 0.1) is 0 Å². The minimum atomic E-state index is 0.714. The number of hydrogen-bond donors (Lipinski definition) is 0. The zero-order chi connectivity index (χ0) is 23.3. The molecule has 0 bridgehead atoms. The maximum Gasteiger partial charge on any atom is 0.141 e. The third-order valence-corrected chi connectivity index (χ3v) is 6.20. The van der Waals surface area contributed by atoms with Crippen LogP contribution in [0.25, 0.3) is 33.9 Å². The average Bonchev–Trinajstić information content (AvgIpc) is 3.28. The summed E-state index contributed by atoms with van der Waals surface area (Å²) in [6.07, 6.45) is 0.870. The molecule has 0 N–H and O–H groups in total. The molecule has 0 unspecified atom stereocenters. The van der Waals surface area contributed by atoms with E-state index in [0.29, 0.717) is 5.02 Å². The number of benzene rings is 4. The fourth-order valence-corrected chi connectivity index (χ4v) is 4.33. The first-order valence-electron chi connectivity index (χ1n) is 11.3. The minimum Gasteiger partial charge on any atom is -0.497 e. The van der Waals surface area contributed by atoms with Crippen LogP contribution in [-0.2, 0) is 13.0 Å². The monoisotopic (exact) mass is 464 g/mol. The van der Waals surface area contributed by atoms with Gasteiger partial charge in [0.2, 0.25) is 0 Å². The molecule has 5 rings (SSSR count). The van der Waals surface area contributed by atoms with Gasteiger partial charge in [0.1, 0.15) is 11.6 Å². The van der Waals surface area contributed by atoms with E-state index in [4.69, 9.17) is 21.3 Å². The highest BCUT2D eigenvalue weighted by Crippen LogP contribution is 2.36. The first-order chi connectivity index (χ1) is 16.7. The van der Waals surface area contributed by atoms with Gasteiger partial charge in [0.05, 0.1) is 18.5 Å². The van der Waals surface area contributed by atoms with Crippen LogP contribution in [0.1, 0.15) is 5.56 Å². The van der Waals surface area contributed by atoms with E-state index in [9.17, 15) is 0 Å². The van der Waals surface area contributed by atoms with Crippen LogP contribution in [0.15, 0.2) is 109 Å². The van der Waals surface area contributed by atoms with Gasteiger partial charge in [-0.05, 0) is 48.4 Å². The van der Waals surface area contributed by atoms with Crippen molar-refractivity contribution in [3.63, 3.8) is 0 Å². The number of aryl methyl sites for hydroxylation is 1. The minimum absolute atomic E-state index is 0.714. The van der Waals surface area contributed by atoms with Gasteiger partial charge in [0.25, 0.3) is 0 Å². The number of imidazole rings is 1. The molecule has 34 heavy (non-hydrogen) atoms. The second-order valence-corrected chi connectivity index (χ2v) is 8.56. The Labute approximate surface area is 205 Å². The van der Waals surface area contributed by atoms with Crippen molar-refractivity contribution >= 4 is 11.6 Å². The van der Waals surface area contributed by atoms with E-state index >= 15 is 0 Å². The predicted octanol–water partition coefficient (Wildman–Crippen LogP) is 7.79. The molecule has 168 valence electrons. The number of methoxy groups -OCH3 is 1. The van der Waals surface area contributed by atoms with Crippen molar-refractivity contribution in [2.75, 3.05) is 7.11 Å². The van der Waals surface area contributed by atoms with Crippen LogP contribution in [0.3, 0.4) is 0 Å². The second kappa shape index (κ2) is 9.98. The van der Waals surface area contributed by atoms with E-state index in [-0.39, 0.29) is 0 Å². The number of nitrogens with zero attached hydrogens (tertiary/aromatic N) is 2. The van der Waals surface area contributed by atoms with Crippen LogP contribution in [0.4, 0.5) is 0 Å². The Hall–Kier alpha value is -3.82. The first-order valence-corrected chi connectivity index (χ1v) is 11.7. The lowest BCUT2D eigenvalue weighted by Gasteiger charge is -2.14. The summed E-state index contributed by atoms with van der Waals surface area (Å²) in [7, 11) is 1.69. The normalized spacial score (nSPS) is 10.9. The number of aromatic nitrogens is 2. The molecule has 0 saturated heterocycles. The molecular weight excluding hydrogens is 440 g/mol. The van der Waals surface area contributed by atoms with Crippen LogP contribution >= 0.6 is 11.6 Å². The molecule has 0 radical (unpaired) electrons. The van der Waals surface area contributed by atoms with E-state index in [1.54, 1.807) is 7.11 Å². The molecule has 1 aromatic heterocycles. The van der Waals surface area contributed by atoms with Crippen molar-refractivity contribution < 1.29 is 4.74 Å². The van der Waals surface area contributed by atoms with Gasteiger partial charge in [-0.25, -0.2) is 4.98 Å². The van der Waals surface area contributed by atoms with Gasteiger partial charge in [-0.1, -0.05) is 84.4 Å². The molecule has 4 aromatic carbocycles. The first kappa shape index (κ1) is 22.0. The van der Waals surface area contributed by atoms with Crippen molar-refractivity contribution in [2.24, 2.45) is 0 Å².